The minimum atomic E-state index is 0.00314. The first kappa shape index (κ1) is 14.5. The Morgan fingerprint density at radius 2 is 2.11 bits per heavy atom. The highest BCUT2D eigenvalue weighted by atomic mass is 16.5. The molecule has 1 rings (SSSR count). The summed E-state index contributed by atoms with van der Waals surface area (Å²) in [6.07, 6.45) is 2.21. The second-order valence-electron chi connectivity index (χ2n) is 4.19. The predicted molar refractivity (Wildman–Crippen MR) is 73.3 cm³/mol. The van der Waals surface area contributed by atoms with E-state index in [1.807, 2.05) is 18.2 Å². The van der Waals surface area contributed by atoms with E-state index in [1.165, 1.54) is 0 Å². The summed E-state index contributed by atoms with van der Waals surface area (Å²) in [5.74, 6) is 0.00314. The molecule has 0 aliphatic carbocycles. The number of hydrogen-bond acceptors (Lipinski definition) is 3. The molecule has 1 aromatic rings. The molecule has 0 saturated heterocycles. The van der Waals surface area contributed by atoms with Crippen LogP contribution >= 0.6 is 0 Å². The summed E-state index contributed by atoms with van der Waals surface area (Å²) in [5, 5.41) is 2.86. The second kappa shape index (κ2) is 8.53. The topological polar surface area (TPSA) is 64.3 Å². The third-order valence-electron chi connectivity index (χ3n) is 2.54. The fourth-order valence-electron chi connectivity index (χ4n) is 1.58. The number of amides is 1. The SMILES string of the molecule is CCCOCCCNC(=O)Cc1ccccc1N. The molecule has 0 fully saturated rings. The summed E-state index contributed by atoms with van der Waals surface area (Å²) in [7, 11) is 0. The van der Waals surface area contributed by atoms with Gasteiger partial charge in [0.2, 0.25) is 5.91 Å². The van der Waals surface area contributed by atoms with Gasteiger partial charge in [-0.05, 0) is 24.5 Å². The lowest BCUT2D eigenvalue weighted by Gasteiger charge is -2.07. The van der Waals surface area contributed by atoms with E-state index >= 15 is 0 Å². The van der Waals surface area contributed by atoms with E-state index in [1.54, 1.807) is 6.07 Å². The van der Waals surface area contributed by atoms with Crippen LogP contribution in [-0.4, -0.2) is 25.7 Å². The monoisotopic (exact) mass is 250 g/mol. The Hall–Kier alpha value is -1.55. The summed E-state index contributed by atoms with van der Waals surface area (Å²) >= 11 is 0. The molecule has 100 valence electrons. The van der Waals surface area contributed by atoms with Crippen LogP contribution < -0.4 is 11.1 Å². The quantitative estimate of drug-likeness (QED) is 0.545. The maximum absolute atomic E-state index is 11.6. The van der Waals surface area contributed by atoms with Gasteiger partial charge in [0, 0.05) is 25.4 Å². The normalized spacial score (nSPS) is 10.3. The van der Waals surface area contributed by atoms with Crippen molar-refractivity contribution in [2.24, 2.45) is 0 Å². The van der Waals surface area contributed by atoms with Crippen LogP contribution in [0, 0.1) is 0 Å². The van der Waals surface area contributed by atoms with Crippen LogP contribution in [-0.2, 0) is 16.0 Å². The van der Waals surface area contributed by atoms with Crippen LogP contribution in [0.2, 0.25) is 0 Å². The molecule has 4 heteroatoms. The molecule has 0 unspecified atom stereocenters. The first-order chi connectivity index (χ1) is 8.74. The number of carbonyl (C=O) groups excluding carboxylic acids is 1. The molecule has 3 N–H and O–H groups in total. The number of ether oxygens (including phenoxy) is 1. The Morgan fingerprint density at radius 1 is 1.33 bits per heavy atom. The van der Waals surface area contributed by atoms with E-state index in [-0.39, 0.29) is 5.91 Å². The summed E-state index contributed by atoms with van der Waals surface area (Å²) in [6, 6.07) is 7.43. The van der Waals surface area contributed by atoms with E-state index < -0.39 is 0 Å². The number of anilines is 1. The number of para-hydroxylation sites is 1. The van der Waals surface area contributed by atoms with Gasteiger partial charge in [-0.15, -0.1) is 0 Å². The molecule has 0 radical (unpaired) electrons. The van der Waals surface area contributed by atoms with Crippen LogP contribution in [0.15, 0.2) is 24.3 Å². The highest BCUT2D eigenvalue weighted by molar-refractivity contribution is 5.80. The van der Waals surface area contributed by atoms with Gasteiger partial charge in [-0.2, -0.15) is 0 Å². The average molecular weight is 250 g/mol. The standard InChI is InChI=1S/C14H22N2O2/c1-2-9-18-10-5-8-16-14(17)11-12-6-3-4-7-13(12)15/h3-4,6-7H,2,5,8-11,15H2,1H3,(H,16,17). The maximum atomic E-state index is 11.6. The number of nitrogen functional groups attached to an aromatic ring is 1. The van der Waals surface area contributed by atoms with Crippen molar-refractivity contribution < 1.29 is 9.53 Å². The largest absolute Gasteiger partial charge is 0.398 e. The maximum Gasteiger partial charge on any atom is 0.224 e. The first-order valence-corrected chi connectivity index (χ1v) is 6.42. The van der Waals surface area contributed by atoms with Gasteiger partial charge in [0.1, 0.15) is 0 Å². The Kier molecular flexibility index (Phi) is 6.87. The van der Waals surface area contributed by atoms with Gasteiger partial charge in [0.25, 0.3) is 0 Å². The van der Waals surface area contributed by atoms with Crippen LogP contribution in [0.1, 0.15) is 25.3 Å². The van der Waals surface area contributed by atoms with Crippen molar-refractivity contribution in [2.45, 2.75) is 26.2 Å². The molecule has 0 bridgehead atoms. The second-order valence-corrected chi connectivity index (χ2v) is 4.19. The van der Waals surface area contributed by atoms with Crippen molar-refractivity contribution in [3.05, 3.63) is 29.8 Å². The van der Waals surface area contributed by atoms with Gasteiger partial charge in [-0.25, -0.2) is 0 Å². The fraction of sp³-hybridized carbons (Fsp3) is 0.500. The van der Waals surface area contributed by atoms with Crippen LogP contribution in [0.4, 0.5) is 5.69 Å². The number of carbonyl (C=O) groups is 1. The van der Waals surface area contributed by atoms with Crippen molar-refractivity contribution >= 4 is 11.6 Å². The summed E-state index contributed by atoms with van der Waals surface area (Å²) in [4.78, 5) is 11.6. The van der Waals surface area contributed by atoms with Gasteiger partial charge >= 0.3 is 0 Å². The highest BCUT2D eigenvalue weighted by Crippen LogP contribution is 2.10. The third kappa shape index (κ3) is 5.68. The smallest absolute Gasteiger partial charge is 0.224 e. The zero-order valence-electron chi connectivity index (χ0n) is 10.9. The van der Waals surface area contributed by atoms with E-state index in [2.05, 4.69) is 12.2 Å². The molecule has 1 aromatic carbocycles. The van der Waals surface area contributed by atoms with Crippen molar-refractivity contribution in [1.82, 2.24) is 5.32 Å². The van der Waals surface area contributed by atoms with Gasteiger partial charge in [0.15, 0.2) is 0 Å². The van der Waals surface area contributed by atoms with Crippen LogP contribution in [0.25, 0.3) is 0 Å². The molecule has 0 aliphatic heterocycles. The van der Waals surface area contributed by atoms with Crippen LogP contribution in [0.3, 0.4) is 0 Å². The number of nitrogens with two attached hydrogens (primary N) is 1. The minimum absolute atomic E-state index is 0.00314. The molecule has 4 nitrogen and oxygen atoms in total. The van der Waals surface area contributed by atoms with Crippen molar-refractivity contribution in [2.75, 3.05) is 25.5 Å². The summed E-state index contributed by atoms with van der Waals surface area (Å²) in [5.41, 5.74) is 7.32. The van der Waals surface area contributed by atoms with Gasteiger partial charge in [0.05, 0.1) is 6.42 Å². The number of nitrogens with one attached hydrogen (secondary N) is 1. The number of rotatable bonds is 8. The summed E-state index contributed by atoms with van der Waals surface area (Å²) < 4.78 is 5.33. The molecule has 1 amide bonds. The number of hydrogen-bond donors (Lipinski definition) is 2. The molecule has 18 heavy (non-hydrogen) atoms. The van der Waals surface area contributed by atoms with E-state index in [4.69, 9.17) is 10.5 Å². The molecule has 0 aromatic heterocycles. The summed E-state index contributed by atoms with van der Waals surface area (Å²) in [6.45, 7) is 4.21. The van der Waals surface area contributed by atoms with E-state index in [0.717, 1.165) is 25.0 Å². The zero-order valence-corrected chi connectivity index (χ0v) is 10.9. The number of benzene rings is 1. The fourth-order valence-corrected chi connectivity index (χ4v) is 1.58. The Bertz CT molecular complexity index is 367. The lowest BCUT2D eigenvalue weighted by atomic mass is 10.1. The van der Waals surface area contributed by atoms with Crippen LogP contribution in [0.5, 0.6) is 0 Å². The Labute approximate surface area is 109 Å². The van der Waals surface area contributed by atoms with Gasteiger partial charge in [-0.1, -0.05) is 25.1 Å². The average Bonchev–Trinajstić information content (AvgIpc) is 2.36. The lowest BCUT2D eigenvalue weighted by molar-refractivity contribution is -0.120. The van der Waals surface area contributed by atoms with Gasteiger partial charge in [-0.3, -0.25) is 4.79 Å². The lowest BCUT2D eigenvalue weighted by Crippen LogP contribution is -2.27. The van der Waals surface area contributed by atoms with Crippen molar-refractivity contribution in [1.29, 1.82) is 0 Å². The molecule has 0 heterocycles. The van der Waals surface area contributed by atoms with Crippen molar-refractivity contribution in [3.63, 3.8) is 0 Å². The molecule has 0 saturated carbocycles. The molecule has 0 atom stereocenters. The van der Waals surface area contributed by atoms with E-state index in [0.29, 0.717) is 25.3 Å². The third-order valence-corrected chi connectivity index (χ3v) is 2.54. The zero-order chi connectivity index (χ0) is 13.2. The van der Waals surface area contributed by atoms with Crippen molar-refractivity contribution in [3.8, 4) is 0 Å². The van der Waals surface area contributed by atoms with E-state index in [9.17, 15) is 4.79 Å². The Balaban J connectivity index is 2.16. The van der Waals surface area contributed by atoms with Gasteiger partial charge < -0.3 is 15.8 Å². The highest BCUT2D eigenvalue weighted by Gasteiger charge is 2.04. The molecular weight excluding hydrogens is 228 g/mol. The minimum Gasteiger partial charge on any atom is -0.398 e. The molecular formula is C14H22N2O2. The predicted octanol–water partition coefficient (Wildman–Crippen LogP) is 1.74. The first-order valence-electron chi connectivity index (χ1n) is 6.42. The molecule has 0 spiro atoms. The molecule has 0 aliphatic rings. The Morgan fingerprint density at radius 3 is 2.83 bits per heavy atom.